The monoisotopic (exact) mass is 388 g/mol. The van der Waals surface area contributed by atoms with Crippen LogP contribution in [-0.4, -0.2) is 32.7 Å². The van der Waals surface area contributed by atoms with Crippen LogP contribution in [0.4, 0.5) is 5.69 Å². The van der Waals surface area contributed by atoms with Crippen LogP contribution in [0.1, 0.15) is 16.7 Å². The summed E-state index contributed by atoms with van der Waals surface area (Å²) in [4.78, 5) is 23.4. The van der Waals surface area contributed by atoms with Crippen molar-refractivity contribution < 1.29 is 5.11 Å². The maximum atomic E-state index is 12.7. The molecule has 6 nitrogen and oxygen atoms in total. The molecule has 0 saturated heterocycles. The number of benzene rings is 2. The number of hydrogen-bond acceptors (Lipinski definition) is 4. The van der Waals surface area contributed by atoms with Crippen LogP contribution >= 0.6 is 0 Å². The fourth-order valence-corrected chi connectivity index (χ4v) is 3.70. The molecule has 0 bridgehead atoms. The van der Waals surface area contributed by atoms with Gasteiger partial charge in [-0.15, -0.1) is 0 Å². The Morgan fingerprint density at radius 1 is 1.14 bits per heavy atom. The minimum Gasteiger partial charge on any atom is -0.394 e. The first-order valence-corrected chi connectivity index (χ1v) is 9.65. The highest BCUT2D eigenvalue weighted by atomic mass is 16.3. The molecule has 4 rings (SSSR count). The Balaban J connectivity index is 1.72. The number of imidazole rings is 1. The summed E-state index contributed by atoms with van der Waals surface area (Å²) >= 11 is 0. The van der Waals surface area contributed by atoms with Crippen LogP contribution in [0.15, 0.2) is 59.5 Å². The first kappa shape index (κ1) is 19.0. The fourth-order valence-electron chi connectivity index (χ4n) is 3.70. The molecule has 0 aliphatic carbocycles. The minimum absolute atomic E-state index is 0.0560. The SMILES string of the molecule is Cc1cc(C)c2nc(-c3c(NC(CO)Cc4ccccc4)cc[nH]c3=O)[nH]c2c1. The van der Waals surface area contributed by atoms with Crippen LogP contribution in [0.3, 0.4) is 0 Å². The van der Waals surface area contributed by atoms with E-state index < -0.39 is 0 Å². The van der Waals surface area contributed by atoms with Crippen molar-refractivity contribution in [2.45, 2.75) is 26.3 Å². The molecule has 4 N–H and O–H groups in total. The molecule has 0 aliphatic rings. The van der Waals surface area contributed by atoms with Gasteiger partial charge in [-0.3, -0.25) is 4.79 Å². The number of aliphatic hydroxyl groups is 1. The molecule has 29 heavy (non-hydrogen) atoms. The molecule has 0 amide bonds. The second-order valence-corrected chi connectivity index (χ2v) is 7.37. The number of anilines is 1. The lowest BCUT2D eigenvalue weighted by molar-refractivity contribution is 0.274. The Labute approximate surface area is 168 Å². The molecule has 6 heteroatoms. The molecular weight excluding hydrogens is 364 g/mol. The molecule has 0 saturated carbocycles. The largest absolute Gasteiger partial charge is 0.394 e. The van der Waals surface area contributed by atoms with Crippen LogP contribution in [-0.2, 0) is 6.42 Å². The third-order valence-electron chi connectivity index (χ3n) is 5.02. The van der Waals surface area contributed by atoms with Crippen LogP contribution < -0.4 is 10.9 Å². The van der Waals surface area contributed by atoms with E-state index in [0.29, 0.717) is 23.5 Å². The van der Waals surface area contributed by atoms with Crippen molar-refractivity contribution >= 4 is 16.7 Å². The van der Waals surface area contributed by atoms with E-state index in [1.165, 1.54) is 0 Å². The van der Waals surface area contributed by atoms with Gasteiger partial charge in [0.1, 0.15) is 11.4 Å². The number of nitrogens with one attached hydrogen (secondary N) is 3. The molecule has 0 aliphatic heterocycles. The van der Waals surface area contributed by atoms with Crippen molar-refractivity contribution in [1.82, 2.24) is 15.0 Å². The third-order valence-corrected chi connectivity index (χ3v) is 5.02. The molecular formula is C23H24N4O2. The number of aliphatic hydroxyl groups excluding tert-OH is 1. The quantitative estimate of drug-likeness (QED) is 0.406. The number of rotatable bonds is 6. The molecule has 148 valence electrons. The highest BCUT2D eigenvalue weighted by Gasteiger charge is 2.18. The number of aryl methyl sites for hydroxylation is 2. The zero-order valence-electron chi connectivity index (χ0n) is 16.5. The Kier molecular flexibility index (Phi) is 5.18. The summed E-state index contributed by atoms with van der Waals surface area (Å²) in [6.45, 7) is 3.99. The van der Waals surface area contributed by atoms with Gasteiger partial charge < -0.3 is 20.4 Å². The van der Waals surface area contributed by atoms with Gasteiger partial charge in [0.05, 0.1) is 29.4 Å². The predicted molar refractivity (Wildman–Crippen MR) is 116 cm³/mol. The summed E-state index contributed by atoms with van der Waals surface area (Å²) in [6.07, 6.45) is 2.24. The summed E-state index contributed by atoms with van der Waals surface area (Å²) in [7, 11) is 0. The van der Waals surface area contributed by atoms with Gasteiger partial charge in [-0.2, -0.15) is 0 Å². The van der Waals surface area contributed by atoms with Crippen LogP contribution in [0, 0.1) is 13.8 Å². The Hall–Kier alpha value is -3.38. The molecule has 2 aromatic heterocycles. The second-order valence-electron chi connectivity index (χ2n) is 7.37. The summed E-state index contributed by atoms with van der Waals surface area (Å²) in [5, 5.41) is 13.2. The van der Waals surface area contributed by atoms with Crippen molar-refractivity contribution in [2.24, 2.45) is 0 Å². The summed E-state index contributed by atoms with van der Waals surface area (Å²) in [5.41, 5.74) is 5.89. The van der Waals surface area contributed by atoms with Crippen molar-refractivity contribution in [3.63, 3.8) is 0 Å². The van der Waals surface area contributed by atoms with Gasteiger partial charge in [-0.25, -0.2) is 4.98 Å². The predicted octanol–water partition coefficient (Wildman–Crippen LogP) is 3.55. The summed E-state index contributed by atoms with van der Waals surface area (Å²) < 4.78 is 0. The second kappa shape index (κ2) is 7.93. The highest BCUT2D eigenvalue weighted by molar-refractivity contribution is 5.85. The maximum absolute atomic E-state index is 12.7. The Bertz CT molecular complexity index is 1190. The average Bonchev–Trinajstić information content (AvgIpc) is 3.12. The molecule has 0 fully saturated rings. The van der Waals surface area contributed by atoms with E-state index in [1.807, 2.05) is 50.2 Å². The van der Waals surface area contributed by atoms with Gasteiger partial charge in [0, 0.05) is 6.20 Å². The van der Waals surface area contributed by atoms with E-state index in [1.54, 1.807) is 12.3 Å². The molecule has 2 aromatic carbocycles. The van der Waals surface area contributed by atoms with Gasteiger partial charge in [0.15, 0.2) is 0 Å². The van der Waals surface area contributed by atoms with Crippen molar-refractivity contribution in [1.29, 1.82) is 0 Å². The molecule has 1 unspecified atom stereocenters. The van der Waals surface area contributed by atoms with Crippen molar-refractivity contribution in [3.05, 3.63) is 81.8 Å². The third kappa shape index (κ3) is 3.93. The normalized spacial score (nSPS) is 12.2. The lowest BCUT2D eigenvalue weighted by Crippen LogP contribution is -2.28. The lowest BCUT2D eigenvalue weighted by atomic mass is 10.1. The number of fused-ring (bicyclic) bond motifs is 1. The van der Waals surface area contributed by atoms with E-state index in [-0.39, 0.29) is 18.2 Å². The highest BCUT2D eigenvalue weighted by Crippen LogP contribution is 2.27. The summed E-state index contributed by atoms with van der Waals surface area (Å²) in [5.74, 6) is 0.509. The number of aromatic nitrogens is 3. The molecule has 0 spiro atoms. The Morgan fingerprint density at radius 3 is 2.69 bits per heavy atom. The Morgan fingerprint density at radius 2 is 1.93 bits per heavy atom. The number of nitrogens with zero attached hydrogens (tertiary/aromatic N) is 1. The van der Waals surface area contributed by atoms with E-state index >= 15 is 0 Å². The van der Waals surface area contributed by atoms with Gasteiger partial charge in [0.2, 0.25) is 0 Å². The van der Waals surface area contributed by atoms with Crippen LogP contribution in [0.5, 0.6) is 0 Å². The van der Waals surface area contributed by atoms with Gasteiger partial charge in [-0.1, -0.05) is 36.4 Å². The molecule has 2 heterocycles. The number of hydrogen-bond donors (Lipinski definition) is 4. The standard InChI is InChI=1S/C23H24N4O2/c1-14-10-15(2)21-19(11-14)26-22(27-21)20-18(8-9-24-23(20)29)25-17(13-28)12-16-6-4-3-5-7-16/h3-11,17,28H,12-13H2,1-2H3,(H,26,27)(H2,24,25,29). The van der Waals surface area contributed by atoms with E-state index in [9.17, 15) is 9.90 Å². The van der Waals surface area contributed by atoms with Crippen molar-refractivity contribution in [3.8, 4) is 11.4 Å². The van der Waals surface area contributed by atoms with Crippen molar-refractivity contribution in [2.75, 3.05) is 11.9 Å². The zero-order chi connectivity index (χ0) is 20.4. The van der Waals surface area contributed by atoms with Gasteiger partial charge >= 0.3 is 0 Å². The smallest absolute Gasteiger partial charge is 0.261 e. The first-order chi connectivity index (χ1) is 14.0. The number of H-pyrrole nitrogens is 2. The lowest BCUT2D eigenvalue weighted by Gasteiger charge is -2.19. The number of pyridine rings is 1. The first-order valence-electron chi connectivity index (χ1n) is 9.65. The maximum Gasteiger partial charge on any atom is 0.261 e. The number of aromatic amines is 2. The van der Waals surface area contributed by atoms with Crippen LogP contribution in [0.2, 0.25) is 0 Å². The van der Waals surface area contributed by atoms with E-state index in [2.05, 4.69) is 26.3 Å². The van der Waals surface area contributed by atoms with E-state index in [4.69, 9.17) is 0 Å². The topological polar surface area (TPSA) is 93.8 Å². The van der Waals surface area contributed by atoms with Gasteiger partial charge in [0.25, 0.3) is 5.56 Å². The van der Waals surface area contributed by atoms with E-state index in [0.717, 1.165) is 27.7 Å². The van der Waals surface area contributed by atoms with Gasteiger partial charge in [-0.05, 0) is 49.1 Å². The van der Waals surface area contributed by atoms with Crippen LogP contribution in [0.25, 0.3) is 22.4 Å². The zero-order valence-corrected chi connectivity index (χ0v) is 16.5. The molecule has 0 radical (unpaired) electrons. The molecule has 4 aromatic rings. The summed E-state index contributed by atoms with van der Waals surface area (Å²) in [6, 6.07) is 15.6. The average molecular weight is 388 g/mol. The fraction of sp³-hybridized carbons (Fsp3) is 0.217. The molecule has 1 atom stereocenters. The minimum atomic E-state index is -0.236.